The minimum absolute atomic E-state index is 0.217. The van der Waals surface area contributed by atoms with Crippen LogP contribution >= 0.6 is 0 Å². The summed E-state index contributed by atoms with van der Waals surface area (Å²) >= 11 is 0. The maximum absolute atomic E-state index is 12.0. The van der Waals surface area contributed by atoms with Crippen molar-refractivity contribution >= 4 is 11.7 Å². The van der Waals surface area contributed by atoms with Gasteiger partial charge in [0.1, 0.15) is 6.33 Å². The summed E-state index contributed by atoms with van der Waals surface area (Å²) in [6.45, 7) is 3.16. The zero-order chi connectivity index (χ0) is 17.4. The summed E-state index contributed by atoms with van der Waals surface area (Å²) in [5.41, 5.74) is 7.88. The number of imidazole rings is 1. The molecule has 0 saturated heterocycles. The topological polar surface area (TPSA) is 85.0 Å². The molecule has 0 unspecified atom stereocenters. The van der Waals surface area contributed by atoms with Crippen molar-refractivity contribution < 1.29 is 4.79 Å². The second-order valence-corrected chi connectivity index (χ2v) is 5.49. The average molecular weight is 325 g/mol. The number of hydrogen-bond acceptors (Lipinski definition) is 4. The fourth-order valence-corrected chi connectivity index (χ4v) is 2.36. The summed E-state index contributed by atoms with van der Waals surface area (Å²) in [4.78, 5) is 16.2. The monoisotopic (exact) mass is 325 g/mol. The Morgan fingerprint density at radius 3 is 3.00 bits per heavy atom. The van der Waals surface area contributed by atoms with Crippen LogP contribution in [0.25, 0.3) is 5.69 Å². The summed E-state index contributed by atoms with van der Waals surface area (Å²) in [5, 5.41) is 5.92. The van der Waals surface area contributed by atoms with Crippen LogP contribution < -0.4 is 16.4 Å². The number of nitrogens with one attached hydrogen (secondary N) is 2. The van der Waals surface area contributed by atoms with Gasteiger partial charge in [-0.2, -0.15) is 0 Å². The van der Waals surface area contributed by atoms with E-state index in [0.717, 1.165) is 17.7 Å². The summed E-state index contributed by atoms with van der Waals surface area (Å²) in [5.74, 6) is 2.82. The molecule has 0 bridgehead atoms. The van der Waals surface area contributed by atoms with E-state index < -0.39 is 6.04 Å². The van der Waals surface area contributed by atoms with Gasteiger partial charge in [0.05, 0.1) is 24.5 Å². The number of amides is 1. The fraction of sp³-hybridized carbons (Fsp3) is 0.333. The molecular weight excluding hydrogens is 302 g/mol. The molecule has 0 radical (unpaired) electrons. The number of anilines is 1. The maximum atomic E-state index is 12.0. The van der Waals surface area contributed by atoms with Crippen LogP contribution in [-0.4, -0.2) is 28.0 Å². The minimum Gasteiger partial charge on any atom is -0.320 e. The van der Waals surface area contributed by atoms with E-state index >= 15 is 0 Å². The Kier molecular flexibility index (Phi) is 6.55. The van der Waals surface area contributed by atoms with Gasteiger partial charge < -0.3 is 20.9 Å². The van der Waals surface area contributed by atoms with Crippen LogP contribution in [0, 0.1) is 12.3 Å². The SMILES string of the molecule is C#CCNCc1ccccc1-n1cnc(NC(=O)[C@@H](N)CCC)c1. The zero-order valence-corrected chi connectivity index (χ0v) is 13.8. The lowest BCUT2D eigenvalue weighted by atomic mass is 10.1. The first kappa shape index (κ1) is 17.7. The van der Waals surface area contributed by atoms with Gasteiger partial charge in [0.15, 0.2) is 5.82 Å². The lowest BCUT2D eigenvalue weighted by Crippen LogP contribution is -2.35. The first-order chi connectivity index (χ1) is 11.7. The molecule has 2 rings (SSSR count). The third-order valence-corrected chi connectivity index (χ3v) is 3.58. The van der Waals surface area contributed by atoms with Crippen molar-refractivity contribution in [1.29, 1.82) is 0 Å². The van der Waals surface area contributed by atoms with E-state index in [-0.39, 0.29) is 5.91 Å². The molecular formula is C18H23N5O. The normalized spacial score (nSPS) is 11.7. The molecule has 1 aromatic heterocycles. The third-order valence-electron chi connectivity index (χ3n) is 3.58. The first-order valence-corrected chi connectivity index (χ1v) is 7.98. The Morgan fingerprint density at radius 1 is 1.46 bits per heavy atom. The molecule has 1 atom stereocenters. The summed E-state index contributed by atoms with van der Waals surface area (Å²) in [7, 11) is 0. The maximum Gasteiger partial charge on any atom is 0.242 e. The smallest absolute Gasteiger partial charge is 0.242 e. The average Bonchev–Trinajstić information content (AvgIpc) is 3.04. The largest absolute Gasteiger partial charge is 0.320 e. The van der Waals surface area contributed by atoms with E-state index in [1.165, 1.54) is 0 Å². The summed E-state index contributed by atoms with van der Waals surface area (Å²) < 4.78 is 1.87. The minimum atomic E-state index is -0.514. The van der Waals surface area contributed by atoms with E-state index in [2.05, 4.69) is 21.5 Å². The number of carbonyl (C=O) groups excluding carboxylic acids is 1. The van der Waals surface area contributed by atoms with E-state index in [1.807, 2.05) is 35.8 Å². The summed E-state index contributed by atoms with van der Waals surface area (Å²) in [6.07, 6.45) is 10.2. The number of nitrogens with two attached hydrogens (primary N) is 1. The van der Waals surface area contributed by atoms with Gasteiger partial charge in [0, 0.05) is 6.54 Å². The van der Waals surface area contributed by atoms with E-state index in [1.54, 1.807) is 12.5 Å². The van der Waals surface area contributed by atoms with Gasteiger partial charge in [0.2, 0.25) is 5.91 Å². The van der Waals surface area contributed by atoms with Crippen molar-refractivity contribution in [3.63, 3.8) is 0 Å². The lowest BCUT2D eigenvalue weighted by Gasteiger charge is -2.10. The Labute approximate surface area is 142 Å². The van der Waals surface area contributed by atoms with Crippen LogP contribution in [0.15, 0.2) is 36.8 Å². The Balaban J connectivity index is 2.10. The van der Waals surface area contributed by atoms with Gasteiger partial charge >= 0.3 is 0 Å². The van der Waals surface area contributed by atoms with Crippen molar-refractivity contribution in [2.75, 3.05) is 11.9 Å². The van der Waals surface area contributed by atoms with Crippen molar-refractivity contribution in [3.05, 3.63) is 42.4 Å². The highest BCUT2D eigenvalue weighted by molar-refractivity contribution is 5.93. The van der Waals surface area contributed by atoms with Crippen LogP contribution in [0.2, 0.25) is 0 Å². The third kappa shape index (κ3) is 4.69. The molecule has 6 nitrogen and oxygen atoms in total. The van der Waals surface area contributed by atoms with Crippen LogP contribution in [0.4, 0.5) is 5.82 Å². The van der Waals surface area contributed by atoms with E-state index in [0.29, 0.717) is 25.3 Å². The number of hydrogen-bond donors (Lipinski definition) is 3. The number of para-hydroxylation sites is 1. The summed E-state index contributed by atoms with van der Waals surface area (Å²) in [6, 6.07) is 7.42. The van der Waals surface area contributed by atoms with Crippen molar-refractivity contribution in [2.24, 2.45) is 5.73 Å². The molecule has 0 aliphatic rings. The predicted molar refractivity (Wildman–Crippen MR) is 95.6 cm³/mol. The predicted octanol–water partition coefficient (Wildman–Crippen LogP) is 1.66. The second-order valence-electron chi connectivity index (χ2n) is 5.49. The highest BCUT2D eigenvalue weighted by atomic mass is 16.2. The molecule has 0 aliphatic carbocycles. The molecule has 1 amide bonds. The van der Waals surface area contributed by atoms with Crippen molar-refractivity contribution in [3.8, 4) is 18.0 Å². The Hall–Kier alpha value is -2.62. The number of aromatic nitrogens is 2. The van der Waals surface area contributed by atoms with Crippen LogP contribution in [-0.2, 0) is 11.3 Å². The van der Waals surface area contributed by atoms with Gasteiger partial charge in [-0.1, -0.05) is 37.5 Å². The van der Waals surface area contributed by atoms with Crippen molar-refractivity contribution in [1.82, 2.24) is 14.9 Å². The van der Waals surface area contributed by atoms with Gasteiger partial charge in [-0.3, -0.25) is 4.79 Å². The molecule has 0 aliphatic heterocycles. The van der Waals surface area contributed by atoms with Crippen LogP contribution in [0.5, 0.6) is 0 Å². The first-order valence-electron chi connectivity index (χ1n) is 7.98. The van der Waals surface area contributed by atoms with Gasteiger partial charge in [-0.25, -0.2) is 4.98 Å². The van der Waals surface area contributed by atoms with E-state index in [4.69, 9.17) is 12.2 Å². The second kappa shape index (κ2) is 8.87. The number of benzene rings is 1. The standard InChI is InChI=1S/C18H23N5O/c1-3-7-15(19)18(24)22-17-12-23(13-21-17)16-9-6-5-8-14(16)11-20-10-4-2/h2,5-6,8-9,12-13,15,20H,3,7,10-11,19H2,1H3,(H,22,24)/t15-/m0/s1. The highest BCUT2D eigenvalue weighted by Crippen LogP contribution is 2.16. The molecule has 4 N–H and O–H groups in total. The van der Waals surface area contributed by atoms with Gasteiger partial charge in [-0.05, 0) is 18.1 Å². The molecule has 1 aromatic carbocycles. The molecule has 2 aromatic rings. The van der Waals surface area contributed by atoms with E-state index in [9.17, 15) is 4.79 Å². The number of terminal acetylenes is 1. The zero-order valence-electron chi connectivity index (χ0n) is 13.8. The molecule has 1 heterocycles. The van der Waals surface area contributed by atoms with Crippen molar-refractivity contribution in [2.45, 2.75) is 32.4 Å². The molecule has 0 fully saturated rings. The van der Waals surface area contributed by atoms with Gasteiger partial charge in [-0.15, -0.1) is 6.42 Å². The highest BCUT2D eigenvalue weighted by Gasteiger charge is 2.14. The quantitative estimate of drug-likeness (QED) is 0.509. The molecule has 126 valence electrons. The lowest BCUT2D eigenvalue weighted by molar-refractivity contribution is -0.117. The fourth-order valence-electron chi connectivity index (χ4n) is 2.36. The molecule has 6 heteroatoms. The molecule has 24 heavy (non-hydrogen) atoms. The Bertz CT molecular complexity index is 716. The number of rotatable bonds is 8. The number of nitrogens with zero attached hydrogens (tertiary/aromatic N) is 2. The number of carbonyl (C=O) groups is 1. The van der Waals surface area contributed by atoms with Gasteiger partial charge in [0.25, 0.3) is 0 Å². The van der Waals surface area contributed by atoms with Crippen LogP contribution in [0.1, 0.15) is 25.3 Å². The molecule has 0 spiro atoms. The molecule has 0 saturated carbocycles. The van der Waals surface area contributed by atoms with Crippen LogP contribution in [0.3, 0.4) is 0 Å². The Morgan fingerprint density at radius 2 is 2.25 bits per heavy atom.